The number of rotatable bonds is 10. The van der Waals surface area contributed by atoms with Gasteiger partial charge in [0.2, 0.25) is 0 Å². The molecule has 0 aromatic heterocycles. The standard InChI is InChI=1S/C9H18O4.C8H16O4.2C3H8/c1-4-9(2,3)8(12)13-6-7(11)5-10;1-3-6(2)8(11)12-5-7(10)4-9;2*1-3-2/h7,10-11H,4-6H2,1-3H3;6-7,9-10H,3-5H2,1-2H3;2*3H2,1-2H3. The zero-order valence-corrected chi connectivity index (χ0v) is 21.3. The molecule has 0 bridgehead atoms. The van der Waals surface area contributed by atoms with Gasteiger partial charge in [-0.05, 0) is 26.7 Å². The van der Waals surface area contributed by atoms with Gasteiger partial charge < -0.3 is 29.9 Å². The Hall–Kier alpha value is -1.22. The Kier molecular flexibility index (Phi) is 30.0. The molecule has 0 aromatic carbocycles. The molecule has 0 aliphatic carbocycles. The Balaban J connectivity index is -0.000000187. The largest absolute Gasteiger partial charge is 0.463 e. The molecule has 0 fully saturated rings. The van der Waals surface area contributed by atoms with Crippen LogP contribution in [0.2, 0.25) is 0 Å². The first-order valence-electron chi connectivity index (χ1n) is 11.3. The van der Waals surface area contributed by atoms with Crippen LogP contribution in [0.4, 0.5) is 0 Å². The van der Waals surface area contributed by atoms with Crippen molar-refractivity contribution in [1.82, 2.24) is 0 Å². The zero-order chi connectivity index (χ0) is 25.5. The molecule has 0 saturated heterocycles. The maximum Gasteiger partial charge on any atom is 0.311 e. The van der Waals surface area contributed by atoms with Gasteiger partial charge in [-0.3, -0.25) is 9.59 Å². The van der Waals surface area contributed by atoms with Crippen LogP contribution < -0.4 is 0 Å². The molecule has 8 nitrogen and oxygen atoms in total. The van der Waals surface area contributed by atoms with E-state index in [2.05, 4.69) is 27.7 Å². The summed E-state index contributed by atoms with van der Waals surface area (Å²) in [6.45, 7) is 16.6. The third-order valence-electron chi connectivity index (χ3n) is 3.70. The zero-order valence-electron chi connectivity index (χ0n) is 21.3. The first kappa shape index (κ1) is 37.1. The molecule has 8 heteroatoms. The highest BCUT2D eigenvalue weighted by atomic mass is 16.5. The van der Waals surface area contributed by atoms with Crippen molar-refractivity contribution in [3.63, 3.8) is 0 Å². The van der Waals surface area contributed by atoms with Crippen molar-refractivity contribution in [2.24, 2.45) is 11.3 Å². The maximum absolute atomic E-state index is 11.3. The van der Waals surface area contributed by atoms with Gasteiger partial charge in [0.25, 0.3) is 0 Å². The van der Waals surface area contributed by atoms with Crippen LogP contribution >= 0.6 is 0 Å². The van der Waals surface area contributed by atoms with Gasteiger partial charge in [-0.1, -0.05) is 61.3 Å². The predicted octanol–water partition coefficient (Wildman–Crippen LogP) is 3.08. The lowest BCUT2D eigenvalue weighted by Crippen LogP contribution is -2.30. The molecule has 0 saturated carbocycles. The molecule has 0 rings (SSSR count). The van der Waals surface area contributed by atoms with Crippen LogP contribution in [0.5, 0.6) is 0 Å². The van der Waals surface area contributed by atoms with Gasteiger partial charge in [0.05, 0.1) is 24.5 Å². The van der Waals surface area contributed by atoms with Crippen LogP contribution in [0.15, 0.2) is 0 Å². The summed E-state index contributed by atoms with van der Waals surface area (Å²) in [5.41, 5.74) is -0.519. The summed E-state index contributed by atoms with van der Waals surface area (Å²) in [4.78, 5) is 22.3. The number of aliphatic hydroxyl groups excluding tert-OH is 4. The Morgan fingerprint density at radius 3 is 1.45 bits per heavy atom. The Morgan fingerprint density at radius 2 is 1.16 bits per heavy atom. The van der Waals surface area contributed by atoms with Crippen molar-refractivity contribution in [1.29, 1.82) is 0 Å². The van der Waals surface area contributed by atoms with E-state index < -0.39 is 17.6 Å². The third kappa shape index (κ3) is 26.7. The quantitative estimate of drug-likeness (QED) is 0.370. The number of ether oxygens (including phenoxy) is 2. The fourth-order valence-electron chi connectivity index (χ4n) is 1.10. The highest BCUT2D eigenvalue weighted by molar-refractivity contribution is 5.75. The average Bonchev–Trinajstić information content (AvgIpc) is 2.75. The van der Waals surface area contributed by atoms with E-state index in [1.165, 1.54) is 12.8 Å². The monoisotopic (exact) mass is 454 g/mol. The van der Waals surface area contributed by atoms with Gasteiger partial charge in [0.1, 0.15) is 25.4 Å². The van der Waals surface area contributed by atoms with Crippen LogP contribution in [0.1, 0.15) is 88.0 Å². The molecule has 0 heterocycles. The highest BCUT2D eigenvalue weighted by Gasteiger charge is 2.27. The summed E-state index contributed by atoms with van der Waals surface area (Å²) in [6.07, 6.45) is 1.96. The molecule has 31 heavy (non-hydrogen) atoms. The first-order chi connectivity index (χ1) is 14.4. The summed E-state index contributed by atoms with van der Waals surface area (Å²) in [5.74, 6) is -0.816. The summed E-state index contributed by atoms with van der Waals surface area (Å²) in [6, 6.07) is 0. The second kappa shape index (κ2) is 25.0. The minimum absolute atomic E-state index is 0.125. The molecular weight excluding hydrogens is 404 g/mol. The second-order valence-electron chi connectivity index (χ2n) is 7.86. The van der Waals surface area contributed by atoms with Gasteiger partial charge in [0, 0.05) is 0 Å². The minimum atomic E-state index is -0.975. The molecule has 0 aliphatic rings. The first-order valence-corrected chi connectivity index (χ1v) is 11.3. The molecule has 0 radical (unpaired) electrons. The third-order valence-corrected chi connectivity index (χ3v) is 3.70. The van der Waals surface area contributed by atoms with Crippen LogP contribution in [0, 0.1) is 11.3 Å². The normalized spacial score (nSPS) is 12.9. The van der Waals surface area contributed by atoms with Crippen molar-refractivity contribution < 1.29 is 39.5 Å². The minimum Gasteiger partial charge on any atom is -0.463 e. The van der Waals surface area contributed by atoms with Gasteiger partial charge in [-0.2, -0.15) is 0 Å². The number of hydrogen-bond donors (Lipinski definition) is 4. The number of carbonyl (C=O) groups excluding carboxylic acids is 2. The molecule has 3 unspecified atom stereocenters. The fourth-order valence-corrected chi connectivity index (χ4v) is 1.10. The highest BCUT2D eigenvalue weighted by Crippen LogP contribution is 2.21. The molecular formula is C23H50O8. The van der Waals surface area contributed by atoms with E-state index in [1.807, 2.05) is 13.8 Å². The molecule has 190 valence electrons. The van der Waals surface area contributed by atoms with E-state index in [0.717, 1.165) is 0 Å². The number of aliphatic hydroxyl groups is 4. The second-order valence-corrected chi connectivity index (χ2v) is 7.86. The smallest absolute Gasteiger partial charge is 0.311 e. The summed E-state index contributed by atoms with van der Waals surface area (Å²) >= 11 is 0. The van der Waals surface area contributed by atoms with E-state index in [0.29, 0.717) is 12.8 Å². The van der Waals surface area contributed by atoms with Crippen molar-refractivity contribution in [3.05, 3.63) is 0 Å². The summed E-state index contributed by atoms with van der Waals surface area (Å²) in [5, 5.41) is 34.6. The van der Waals surface area contributed by atoms with Gasteiger partial charge >= 0.3 is 11.9 Å². The van der Waals surface area contributed by atoms with Gasteiger partial charge in [-0.15, -0.1) is 0 Å². The number of hydrogen-bond acceptors (Lipinski definition) is 8. The topological polar surface area (TPSA) is 134 Å². The lowest BCUT2D eigenvalue weighted by Gasteiger charge is -2.21. The van der Waals surface area contributed by atoms with E-state index in [9.17, 15) is 9.59 Å². The molecule has 0 amide bonds. The average molecular weight is 455 g/mol. The lowest BCUT2D eigenvalue weighted by atomic mass is 9.91. The van der Waals surface area contributed by atoms with E-state index >= 15 is 0 Å². The Bertz CT molecular complexity index is 397. The van der Waals surface area contributed by atoms with Gasteiger partial charge in [0.15, 0.2) is 0 Å². The fraction of sp³-hybridized carbons (Fsp3) is 0.913. The lowest BCUT2D eigenvalue weighted by molar-refractivity contribution is -0.157. The summed E-state index contributed by atoms with van der Waals surface area (Å²) in [7, 11) is 0. The van der Waals surface area contributed by atoms with Crippen molar-refractivity contribution in [2.75, 3.05) is 26.4 Å². The van der Waals surface area contributed by atoms with Crippen LogP contribution in [0.25, 0.3) is 0 Å². The molecule has 0 spiro atoms. The number of esters is 2. The van der Waals surface area contributed by atoms with Crippen LogP contribution in [-0.2, 0) is 19.1 Å². The number of carbonyl (C=O) groups is 2. The van der Waals surface area contributed by atoms with Crippen molar-refractivity contribution in [2.45, 2.75) is 100 Å². The Labute approximate surface area is 190 Å². The van der Waals surface area contributed by atoms with Crippen LogP contribution in [0.3, 0.4) is 0 Å². The molecule has 0 aliphatic heterocycles. The van der Waals surface area contributed by atoms with Gasteiger partial charge in [-0.25, -0.2) is 0 Å². The van der Waals surface area contributed by atoms with Crippen molar-refractivity contribution in [3.8, 4) is 0 Å². The van der Waals surface area contributed by atoms with E-state index in [1.54, 1.807) is 20.8 Å². The maximum atomic E-state index is 11.3. The Morgan fingerprint density at radius 1 is 0.806 bits per heavy atom. The SMILES string of the molecule is CCC.CCC.CCC(C)(C)C(=O)OCC(O)CO.CCC(C)C(=O)OCC(O)CO. The van der Waals surface area contributed by atoms with E-state index in [4.69, 9.17) is 29.9 Å². The van der Waals surface area contributed by atoms with Crippen LogP contribution in [-0.4, -0.2) is 71.0 Å². The predicted molar refractivity (Wildman–Crippen MR) is 124 cm³/mol. The molecule has 4 N–H and O–H groups in total. The molecule has 0 aromatic rings. The summed E-state index contributed by atoms with van der Waals surface area (Å²) < 4.78 is 9.50. The molecule has 3 atom stereocenters. The van der Waals surface area contributed by atoms with E-state index in [-0.39, 0.29) is 44.3 Å². The van der Waals surface area contributed by atoms with Crippen molar-refractivity contribution >= 4 is 11.9 Å².